The number of hydrogen-bond acceptors (Lipinski definition) is 2. The summed E-state index contributed by atoms with van der Waals surface area (Å²) in [4.78, 5) is 2.69. The molecule has 104 valence electrons. The number of nitrogens with two attached hydrogens (primary N) is 1. The molecular weight excluding hydrogens is 232 g/mol. The van der Waals surface area contributed by atoms with Crippen molar-refractivity contribution in [3.05, 3.63) is 35.4 Å². The van der Waals surface area contributed by atoms with Crippen LogP contribution in [0.4, 0.5) is 0 Å². The highest BCUT2D eigenvalue weighted by atomic mass is 15.2. The van der Waals surface area contributed by atoms with Crippen molar-refractivity contribution in [2.24, 2.45) is 11.7 Å². The molecular formula is C17H26N2. The molecule has 0 spiro atoms. The van der Waals surface area contributed by atoms with Crippen LogP contribution in [0.1, 0.15) is 50.3 Å². The van der Waals surface area contributed by atoms with E-state index in [1.807, 2.05) is 0 Å². The van der Waals surface area contributed by atoms with Gasteiger partial charge in [0, 0.05) is 24.7 Å². The summed E-state index contributed by atoms with van der Waals surface area (Å²) >= 11 is 0. The number of hydrogen-bond donors (Lipinski definition) is 1. The first-order valence-electron chi connectivity index (χ1n) is 7.76. The maximum Gasteiger partial charge on any atom is 0.0456 e. The average molecular weight is 258 g/mol. The monoisotopic (exact) mass is 258 g/mol. The molecule has 1 aromatic carbocycles. The second-order valence-electron chi connectivity index (χ2n) is 6.56. The third-order valence-electron chi connectivity index (χ3n) is 5.13. The highest BCUT2D eigenvalue weighted by molar-refractivity contribution is 5.33. The van der Waals surface area contributed by atoms with Gasteiger partial charge < -0.3 is 5.73 Å². The number of rotatable bonds is 1. The molecule has 1 saturated heterocycles. The lowest BCUT2D eigenvalue weighted by Crippen LogP contribution is -2.52. The molecule has 0 bridgehead atoms. The molecule has 1 heterocycles. The topological polar surface area (TPSA) is 29.3 Å². The molecule has 19 heavy (non-hydrogen) atoms. The first kappa shape index (κ1) is 13.1. The summed E-state index contributed by atoms with van der Waals surface area (Å²) in [6.45, 7) is 5.97. The number of piperidine rings is 1. The number of aryl methyl sites for hydroxylation is 1. The van der Waals surface area contributed by atoms with Gasteiger partial charge in [-0.2, -0.15) is 0 Å². The Morgan fingerprint density at radius 3 is 2.74 bits per heavy atom. The number of benzene rings is 1. The van der Waals surface area contributed by atoms with Crippen LogP contribution >= 0.6 is 0 Å². The lowest BCUT2D eigenvalue weighted by Gasteiger charge is -2.46. The molecule has 3 rings (SSSR count). The van der Waals surface area contributed by atoms with Gasteiger partial charge in [0.25, 0.3) is 0 Å². The van der Waals surface area contributed by atoms with E-state index in [9.17, 15) is 0 Å². The van der Waals surface area contributed by atoms with Crippen LogP contribution in [0.2, 0.25) is 0 Å². The van der Waals surface area contributed by atoms with Crippen molar-refractivity contribution < 1.29 is 0 Å². The summed E-state index contributed by atoms with van der Waals surface area (Å²) in [6.07, 6.45) is 5.10. The molecule has 2 N–H and O–H groups in total. The Bertz CT molecular complexity index is 443. The lowest BCUT2D eigenvalue weighted by molar-refractivity contribution is 0.0560. The van der Waals surface area contributed by atoms with Gasteiger partial charge in [0.15, 0.2) is 0 Å². The van der Waals surface area contributed by atoms with Crippen molar-refractivity contribution >= 4 is 0 Å². The van der Waals surface area contributed by atoms with Gasteiger partial charge in [-0.05, 0) is 49.7 Å². The van der Waals surface area contributed by atoms with Gasteiger partial charge in [0.05, 0.1) is 0 Å². The minimum atomic E-state index is 0.192. The van der Waals surface area contributed by atoms with E-state index in [4.69, 9.17) is 5.73 Å². The van der Waals surface area contributed by atoms with E-state index in [0.717, 1.165) is 5.92 Å². The summed E-state index contributed by atoms with van der Waals surface area (Å²) in [5.74, 6) is 0.820. The van der Waals surface area contributed by atoms with Crippen LogP contribution in [0.3, 0.4) is 0 Å². The first-order valence-corrected chi connectivity index (χ1v) is 7.76. The summed E-state index contributed by atoms with van der Waals surface area (Å²) in [6, 6.07) is 10.2. The molecule has 4 atom stereocenters. The van der Waals surface area contributed by atoms with E-state index < -0.39 is 0 Å². The van der Waals surface area contributed by atoms with E-state index >= 15 is 0 Å². The molecule has 2 aliphatic rings. The van der Waals surface area contributed by atoms with Crippen LogP contribution in [0.25, 0.3) is 0 Å². The molecule has 2 nitrogen and oxygen atoms in total. The molecule has 0 amide bonds. The Hall–Kier alpha value is -0.860. The largest absolute Gasteiger partial charge is 0.323 e. The predicted octanol–water partition coefficient (Wildman–Crippen LogP) is 3.12. The van der Waals surface area contributed by atoms with E-state index in [-0.39, 0.29) is 6.04 Å². The van der Waals surface area contributed by atoms with E-state index in [1.165, 1.54) is 43.4 Å². The molecule has 1 aliphatic heterocycles. The smallest absolute Gasteiger partial charge is 0.0456 e. The molecule has 2 heteroatoms. The molecule has 1 aromatic rings. The van der Waals surface area contributed by atoms with Gasteiger partial charge in [-0.3, -0.25) is 4.90 Å². The fourth-order valence-electron chi connectivity index (χ4n) is 3.93. The van der Waals surface area contributed by atoms with E-state index in [2.05, 4.69) is 43.0 Å². The summed E-state index contributed by atoms with van der Waals surface area (Å²) in [7, 11) is 0. The van der Waals surface area contributed by atoms with Gasteiger partial charge in [-0.1, -0.05) is 31.2 Å². The van der Waals surface area contributed by atoms with Crippen LogP contribution in [-0.2, 0) is 6.42 Å². The Balaban J connectivity index is 1.83. The summed E-state index contributed by atoms with van der Waals surface area (Å²) in [5, 5.41) is 0. The minimum absolute atomic E-state index is 0.192. The number of likely N-dealkylation sites (tertiary alicyclic amines) is 1. The van der Waals surface area contributed by atoms with Gasteiger partial charge in [-0.15, -0.1) is 0 Å². The van der Waals surface area contributed by atoms with E-state index in [0.29, 0.717) is 12.1 Å². The maximum absolute atomic E-state index is 6.59. The fraction of sp³-hybridized carbons (Fsp3) is 0.647. The van der Waals surface area contributed by atoms with Gasteiger partial charge in [-0.25, -0.2) is 0 Å². The average Bonchev–Trinajstić information content (AvgIpc) is 2.43. The van der Waals surface area contributed by atoms with Crippen LogP contribution < -0.4 is 5.73 Å². The zero-order chi connectivity index (χ0) is 13.4. The highest BCUT2D eigenvalue weighted by Crippen LogP contribution is 2.35. The van der Waals surface area contributed by atoms with Crippen LogP contribution in [0.15, 0.2) is 24.3 Å². The van der Waals surface area contributed by atoms with E-state index in [1.54, 1.807) is 0 Å². The van der Waals surface area contributed by atoms with Crippen molar-refractivity contribution in [1.82, 2.24) is 4.90 Å². The zero-order valence-electron chi connectivity index (χ0n) is 12.2. The van der Waals surface area contributed by atoms with Crippen molar-refractivity contribution in [2.45, 2.75) is 57.7 Å². The second-order valence-corrected chi connectivity index (χ2v) is 6.56. The Morgan fingerprint density at radius 1 is 1.11 bits per heavy atom. The highest BCUT2D eigenvalue weighted by Gasteiger charge is 2.35. The van der Waals surface area contributed by atoms with Gasteiger partial charge in [0.2, 0.25) is 0 Å². The first-order chi connectivity index (χ1) is 9.16. The molecule has 0 saturated carbocycles. The van der Waals surface area contributed by atoms with Crippen molar-refractivity contribution in [2.75, 3.05) is 6.54 Å². The zero-order valence-corrected chi connectivity index (χ0v) is 12.2. The number of fused-ring (bicyclic) bond motifs is 1. The standard InChI is InChI=1S/C17H26N2/c1-12-7-8-13(2)19(11-12)16-10-9-14-5-3-4-6-15(14)17(16)18/h3-6,12-13,16-17H,7-11,18H2,1-2H3. The molecule has 0 radical (unpaired) electrons. The molecule has 1 aliphatic carbocycles. The Kier molecular flexibility index (Phi) is 3.64. The summed E-state index contributed by atoms with van der Waals surface area (Å²) in [5.41, 5.74) is 9.43. The third kappa shape index (κ3) is 2.44. The molecule has 4 unspecified atom stereocenters. The normalized spacial score (nSPS) is 35.9. The van der Waals surface area contributed by atoms with Crippen LogP contribution in [0.5, 0.6) is 0 Å². The predicted molar refractivity (Wildman–Crippen MR) is 80.0 cm³/mol. The molecule has 1 fully saturated rings. The quantitative estimate of drug-likeness (QED) is 0.838. The SMILES string of the molecule is CC1CCC(C)N(C2CCc3ccccc3C2N)C1. The fourth-order valence-corrected chi connectivity index (χ4v) is 3.93. The van der Waals surface area contributed by atoms with Gasteiger partial charge in [0.1, 0.15) is 0 Å². The lowest BCUT2D eigenvalue weighted by atomic mass is 9.81. The third-order valence-corrected chi connectivity index (χ3v) is 5.13. The Morgan fingerprint density at radius 2 is 1.89 bits per heavy atom. The summed E-state index contributed by atoms with van der Waals surface area (Å²) < 4.78 is 0. The van der Waals surface area contributed by atoms with Crippen molar-refractivity contribution in [1.29, 1.82) is 0 Å². The number of nitrogens with zero attached hydrogens (tertiary/aromatic N) is 1. The van der Waals surface area contributed by atoms with Gasteiger partial charge >= 0.3 is 0 Å². The minimum Gasteiger partial charge on any atom is -0.323 e. The second kappa shape index (κ2) is 5.26. The van der Waals surface area contributed by atoms with Crippen molar-refractivity contribution in [3.8, 4) is 0 Å². The van der Waals surface area contributed by atoms with Crippen LogP contribution in [-0.4, -0.2) is 23.5 Å². The van der Waals surface area contributed by atoms with Crippen LogP contribution in [0, 0.1) is 5.92 Å². The molecule has 0 aromatic heterocycles. The van der Waals surface area contributed by atoms with Crippen molar-refractivity contribution in [3.63, 3.8) is 0 Å². The maximum atomic E-state index is 6.59. The Labute approximate surface area is 117 Å².